The lowest BCUT2D eigenvalue weighted by molar-refractivity contribution is -0.145. The number of aromatic nitrogens is 1. The summed E-state index contributed by atoms with van der Waals surface area (Å²) >= 11 is 0. The van der Waals surface area contributed by atoms with Gasteiger partial charge in [0.25, 0.3) is 0 Å². The third-order valence-corrected chi connectivity index (χ3v) is 19.5. The molecule has 0 bridgehead atoms. The third-order valence-electron chi connectivity index (χ3n) is 17.0. The summed E-state index contributed by atoms with van der Waals surface area (Å²) < 4.78 is 0. The second-order valence-electron chi connectivity index (χ2n) is 25.8. The summed E-state index contributed by atoms with van der Waals surface area (Å²) in [5.74, 6) is -17.6. The van der Waals surface area contributed by atoms with Gasteiger partial charge in [-0.2, -0.15) is 0 Å². The summed E-state index contributed by atoms with van der Waals surface area (Å²) in [7, 11) is 1.57. The molecule has 0 radical (unpaired) electrons. The molecule has 39 heteroatoms. The number of phenols is 1. The molecule has 1 aliphatic heterocycles. The maximum atomic E-state index is 15.4. The van der Waals surface area contributed by atoms with Crippen LogP contribution in [0.15, 0.2) is 85.1 Å². The van der Waals surface area contributed by atoms with E-state index in [9.17, 15) is 88.8 Å². The fourth-order valence-electron chi connectivity index (χ4n) is 11.4. The first kappa shape index (κ1) is 88.6. The van der Waals surface area contributed by atoms with E-state index in [1.54, 1.807) is 60.8 Å². The second-order valence-corrected chi connectivity index (χ2v) is 28.4. The number of aliphatic hydroxyl groups is 2. The molecule has 22 N–H and O–H groups in total. The molecule has 0 saturated carbocycles. The predicted octanol–water partition coefficient (Wildman–Crippen LogP) is -3.99. The summed E-state index contributed by atoms with van der Waals surface area (Å²) in [4.78, 5) is 199. The Morgan fingerprint density at radius 2 is 1.08 bits per heavy atom. The lowest BCUT2D eigenvalue weighted by atomic mass is 10.0. The van der Waals surface area contributed by atoms with Crippen molar-refractivity contribution in [3.8, 4) is 5.75 Å². The predicted molar refractivity (Wildman–Crippen MR) is 393 cm³/mol. The molecular formula is C69H97N15O22S2. The van der Waals surface area contributed by atoms with Crippen LogP contribution in [0.3, 0.4) is 0 Å². The first-order valence-electron chi connectivity index (χ1n) is 34.7. The number of aromatic hydroxyl groups is 1. The number of fused-ring (bicyclic) bond motifs is 1. The van der Waals surface area contributed by atoms with Crippen LogP contribution in [-0.4, -0.2) is 294 Å². The van der Waals surface area contributed by atoms with Crippen molar-refractivity contribution in [2.75, 3.05) is 83.5 Å². The van der Waals surface area contributed by atoms with E-state index in [2.05, 4.69) is 52.8 Å². The van der Waals surface area contributed by atoms with Gasteiger partial charge in [-0.1, -0.05) is 82.3 Å². The zero-order valence-electron chi connectivity index (χ0n) is 59.6. The van der Waals surface area contributed by atoms with Crippen LogP contribution in [-0.2, 0) is 86.4 Å². The van der Waals surface area contributed by atoms with Gasteiger partial charge in [-0.15, -0.1) is 0 Å². The number of carboxylic acids is 5. The van der Waals surface area contributed by atoms with Gasteiger partial charge >= 0.3 is 29.8 Å². The number of nitrogens with two attached hydrogens (primary N) is 2. The van der Waals surface area contributed by atoms with Gasteiger partial charge in [-0.25, -0.2) is 4.79 Å². The number of para-hydroxylation sites is 1. The van der Waals surface area contributed by atoms with Gasteiger partial charge in [-0.3, -0.25) is 77.0 Å². The number of aliphatic carboxylic acids is 5. The summed E-state index contributed by atoms with van der Waals surface area (Å²) in [6.07, 6.45) is -1.84. The standard InChI is InChI=1S/C69H97N15O22S2/c1-39(85)59-68(104)79-53(67(103)81-60(40(2)86)69(105)106)38-108-107-37-52(66(102)76-50(29-42-18-20-44(87)21-19-42)63(99)77-51(30-43-31-72-46-15-7-6-14-45(43)46)65(101)74-48(62(98)80-59)17-9-11-23-71)78-64(100)49(28-41-12-4-3-5-13-41)75-61(97)47(16-8-10-22-70)73-54(88)32-83(34-56(91)92)26-24-82(33-55(89)90)25-27-84(35-57(93)94)36-58(95)96/h3-7,12-15,18-21,31,39-40,47-53,59-60,72,85-87H,8-11,16-17,22-30,32-38,70-71H2,1-2H3,(H,73,88)(H,74,101)(H,75,97)(H,76,102)(H,77,99)(H,78,100)(H,79,104)(H,80,98)(H,81,103)(H,89,90)(H,91,92)(H,93,94)(H,95,96)(H,105,106)/t39-,40-,47+,48+,49+,50+,51+,52+,53+,59+,60+/m1/s1. The van der Waals surface area contributed by atoms with Crippen molar-refractivity contribution >= 4 is 116 Å². The summed E-state index contributed by atoms with van der Waals surface area (Å²) in [6.45, 7) is -1.98. The lowest BCUT2D eigenvalue weighted by Crippen LogP contribution is -2.62. The molecule has 0 unspecified atom stereocenters. The van der Waals surface area contributed by atoms with E-state index >= 15 is 19.2 Å². The van der Waals surface area contributed by atoms with E-state index in [1.807, 2.05) is 0 Å². The first-order valence-corrected chi connectivity index (χ1v) is 37.2. The van der Waals surface area contributed by atoms with Crippen molar-refractivity contribution in [2.24, 2.45) is 11.5 Å². The zero-order chi connectivity index (χ0) is 79.6. The molecule has 592 valence electrons. The molecule has 1 fully saturated rings. The number of nitrogens with zero attached hydrogens (tertiary/aromatic N) is 3. The minimum absolute atomic E-state index is 0.113. The molecule has 9 amide bonds. The summed E-state index contributed by atoms with van der Waals surface area (Å²) in [5, 5.41) is 104. The monoisotopic (exact) mass is 1550 g/mol. The van der Waals surface area contributed by atoms with Crippen molar-refractivity contribution < 1.29 is 108 Å². The summed E-state index contributed by atoms with van der Waals surface area (Å²) in [6, 6.07) is 5.54. The van der Waals surface area contributed by atoms with Gasteiger partial charge in [-0.05, 0) is 100 Å². The minimum Gasteiger partial charge on any atom is -0.508 e. The van der Waals surface area contributed by atoms with E-state index in [0.29, 0.717) is 40.4 Å². The zero-order valence-corrected chi connectivity index (χ0v) is 61.2. The number of nitrogens with one attached hydrogen (secondary N) is 10. The highest BCUT2D eigenvalue weighted by Gasteiger charge is 2.38. The van der Waals surface area contributed by atoms with Crippen LogP contribution in [0.2, 0.25) is 0 Å². The van der Waals surface area contributed by atoms with Gasteiger partial charge in [0, 0.05) is 74.0 Å². The Labute approximate surface area is 628 Å². The normalized spacial score (nSPS) is 19.2. The maximum absolute atomic E-state index is 15.4. The smallest absolute Gasteiger partial charge is 0.328 e. The molecule has 1 aliphatic rings. The molecule has 0 aliphatic carbocycles. The first-order chi connectivity index (χ1) is 51.3. The molecule has 1 aromatic heterocycles. The number of aromatic amines is 1. The van der Waals surface area contributed by atoms with E-state index in [4.69, 9.17) is 11.5 Å². The number of aliphatic hydroxyl groups excluding tert-OH is 2. The van der Waals surface area contributed by atoms with Gasteiger partial charge < -0.3 is 105 Å². The second kappa shape index (κ2) is 45.6. The SMILES string of the molecule is C[C@@H](O)[C@H](NC(=O)[C@@H]1CSSC[C@H](NC(=O)[C@H](Cc2ccccc2)NC(=O)[C@H](CCCCN)NC(=O)CN(CCN(CCN(CC(=O)O)CC(=O)O)CC(=O)O)CC(=O)O)C(=O)N[C@@H](Cc2ccc(O)cc2)C(=O)N[C@@H](Cc2c[nH]c3ccccc23)C(=O)N[C@@H](CCCCN)C(=O)N[C@@H]([C@@H](C)O)C(=O)N1)C(=O)O. The Morgan fingerprint density at radius 1 is 0.546 bits per heavy atom. The van der Waals surface area contributed by atoms with Crippen molar-refractivity contribution in [1.29, 1.82) is 0 Å². The number of benzene rings is 3. The van der Waals surface area contributed by atoms with Crippen LogP contribution in [0.1, 0.15) is 69.1 Å². The van der Waals surface area contributed by atoms with E-state index in [1.165, 1.54) is 29.2 Å². The van der Waals surface area contributed by atoms with Crippen molar-refractivity contribution in [1.82, 2.24) is 67.5 Å². The van der Waals surface area contributed by atoms with Crippen LogP contribution in [0, 0.1) is 0 Å². The van der Waals surface area contributed by atoms with Crippen molar-refractivity contribution in [3.63, 3.8) is 0 Å². The molecule has 108 heavy (non-hydrogen) atoms. The fourth-order valence-corrected chi connectivity index (χ4v) is 13.7. The number of phenolic OH excluding ortho intramolecular Hbond substituents is 1. The fraction of sp³-hybridized carbons (Fsp3) is 0.507. The highest BCUT2D eigenvalue weighted by atomic mass is 33.1. The largest absolute Gasteiger partial charge is 0.508 e. The maximum Gasteiger partial charge on any atom is 0.328 e. The Bertz CT molecular complexity index is 3690. The Morgan fingerprint density at radius 3 is 1.68 bits per heavy atom. The molecule has 2 heterocycles. The van der Waals surface area contributed by atoms with E-state index in [0.717, 1.165) is 45.2 Å². The number of hydrogen-bond acceptors (Lipinski definition) is 24. The summed E-state index contributed by atoms with van der Waals surface area (Å²) in [5.41, 5.74) is 13.6. The molecule has 3 aromatic carbocycles. The van der Waals surface area contributed by atoms with Crippen molar-refractivity contribution in [2.45, 2.75) is 138 Å². The quantitative estimate of drug-likeness (QED) is 0.0149. The van der Waals surface area contributed by atoms with Gasteiger partial charge in [0.05, 0.1) is 44.9 Å². The highest BCUT2D eigenvalue weighted by Crippen LogP contribution is 2.25. The van der Waals surface area contributed by atoms with Gasteiger partial charge in [0.2, 0.25) is 53.2 Å². The number of hydrogen-bond donors (Lipinski definition) is 20. The number of unbranched alkanes of at least 4 members (excludes halogenated alkanes) is 2. The number of H-pyrrole nitrogens is 1. The van der Waals surface area contributed by atoms with Crippen LogP contribution in [0.25, 0.3) is 10.9 Å². The minimum atomic E-state index is -1.94. The Hall–Kier alpha value is -10.00. The molecule has 4 aromatic rings. The molecule has 37 nitrogen and oxygen atoms in total. The Balaban J connectivity index is 1.59. The lowest BCUT2D eigenvalue weighted by Gasteiger charge is -2.29. The molecule has 0 spiro atoms. The highest BCUT2D eigenvalue weighted by molar-refractivity contribution is 8.76. The number of rotatable bonds is 40. The van der Waals surface area contributed by atoms with Crippen LogP contribution in [0.4, 0.5) is 0 Å². The van der Waals surface area contributed by atoms with Crippen LogP contribution in [0.5, 0.6) is 5.75 Å². The number of carboxylic acid groups (broad SMARTS) is 5. The van der Waals surface area contributed by atoms with E-state index < -0.39 is 194 Å². The third kappa shape index (κ3) is 31.1. The average molecular weight is 1550 g/mol. The average Bonchev–Trinajstić information content (AvgIpc) is 1.60. The number of carbonyl (C=O) groups is 14. The molecular weight excluding hydrogens is 1450 g/mol. The Kier molecular flexibility index (Phi) is 37.4. The van der Waals surface area contributed by atoms with Crippen LogP contribution < -0.4 is 59.3 Å². The topological polar surface area (TPSA) is 587 Å². The molecule has 5 rings (SSSR count). The number of carbonyl (C=O) groups excluding carboxylic acids is 9. The number of amides is 9. The van der Waals surface area contributed by atoms with Gasteiger partial charge in [0.15, 0.2) is 6.04 Å². The molecule has 1 saturated heterocycles. The van der Waals surface area contributed by atoms with Crippen LogP contribution >= 0.6 is 21.6 Å². The van der Waals surface area contributed by atoms with E-state index in [-0.39, 0.29) is 90.0 Å². The molecule has 11 atom stereocenters. The van der Waals surface area contributed by atoms with Crippen molar-refractivity contribution in [3.05, 3.63) is 102 Å². The van der Waals surface area contributed by atoms with Gasteiger partial charge in [0.1, 0.15) is 54.1 Å².